The van der Waals surface area contributed by atoms with Gasteiger partial charge in [0.2, 0.25) is 15.9 Å². The van der Waals surface area contributed by atoms with Crippen molar-refractivity contribution >= 4 is 27.3 Å². The van der Waals surface area contributed by atoms with Crippen molar-refractivity contribution in [1.29, 1.82) is 0 Å². The summed E-state index contributed by atoms with van der Waals surface area (Å²) < 4.78 is 26.1. The number of para-hydroxylation sites is 1. The van der Waals surface area contributed by atoms with E-state index in [-0.39, 0.29) is 18.9 Å². The van der Waals surface area contributed by atoms with Gasteiger partial charge in [-0.2, -0.15) is 0 Å². The third-order valence-corrected chi connectivity index (χ3v) is 5.67. The third kappa shape index (κ3) is 5.32. The maximum absolute atomic E-state index is 12.4. The van der Waals surface area contributed by atoms with Crippen LogP contribution in [0.3, 0.4) is 0 Å². The number of nitrogens with zero attached hydrogens (tertiary/aromatic N) is 1. The monoisotopic (exact) mass is 388 g/mol. The first kappa shape index (κ1) is 21.0. The van der Waals surface area contributed by atoms with Crippen LogP contribution in [0.2, 0.25) is 0 Å². The molecule has 0 heterocycles. The van der Waals surface area contributed by atoms with Crippen molar-refractivity contribution in [2.75, 3.05) is 22.4 Å². The van der Waals surface area contributed by atoms with Gasteiger partial charge in [-0.15, -0.1) is 0 Å². The Morgan fingerprint density at radius 3 is 2.22 bits per heavy atom. The summed E-state index contributed by atoms with van der Waals surface area (Å²) in [7, 11) is -3.50. The zero-order valence-corrected chi connectivity index (χ0v) is 17.5. The SMILES string of the molecule is CCc1ccccc1NC(=O)CCN(c1c(C)cc(C)cc1C)S(C)(=O)=O. The quantitative estimate of drug-likeness (QED) is 0.780. The van der Waals surface area contributed by atoms with Crippen LogP contribution in [0.4, 0.5) is 11.4 Å². The molecule has 0 unspecified atom stereocenters. The Morgan fingerprint density at radius 2 is 1.67 bits per heavy atom. The molecule has 0 aromatic heterocycles. The molecule has 0 saturated carbocycles. The number of rotatable bonds is 7. The average molecular weight is 389 g/mol. The third-order valence-electron chi connectivity index (χ3n) is 4.50. The first-order valence-electron chi connectivity index (χ1n) is 9.06. The van der Waals surface area contributed by atoms with Gasteiger partial charge in [-0.1, -0.05) is 42.8 Å². The van der Waals surface area contributed by atoms with Crippen LogP contribution >= 0.6 is 0 Å². The molecule has 2 rings (SSSR count). The molecule has 27 heavy (non-hydrogen) atoms. The van der Waals surface area contributed by atoms with Gasteiger partial charge in [0.15, 0.2) is 0 Å². The Morgan fingerprint density at radius 1 is 1.07 bits per heavy atom. The van der Waals surface area contributed by atoms with E-state index in [1.54, 1.807) is 0 Å². The predicted molar refractivity (Wildman–Crippen MR) is 112 cm³/mol. The van der Waals surface area contributed by atoms with E-state index in [0.29, 0.717) is 5.69 Å². The van der Waals surface area contributed by atoms with E-state index in [2.05, 4.69) is 5.32 Å². The molecular weight excluding hydrogens is 360 g/mol. The molecule has 5 nitrogen and oxygen atoms in total. The van der Waals surface area contributed by atoms with E-state index in [1.807, 2.05) is 64.1 Å². The van der Waals surface area contributed by atoms with E-state index in [1.165, 1.54) is 10.6 Å². The Hall–Kier alpha value is -2.34. The van der Waals surface area contributed by atoms with Crippen LogP contribution < -0.4 is 9.62 Å². The highest BCUT2D eigenvalue weighted by molar-refractivity contribution is 7.92. The Bertz CT molecular complexity index is 913. The van der Waals surface area contributed by atoms with Gasteiger partial charge >= 0.3 is 0 Å². The minimum absolute atomic E-state index is 0.0812. The summed E-state index contributed by atoms with van der Waals surface area (Å²) in [6.45, 7) is 7.90. The first-order chi connectivity index (χ1) is 12.6. The molecule has 146 valence electrons. The van der Waals surface area contributed by atoms with Gasteiger partial charge < -0.3 is 5.32 Å². The van der Waals surface area contributed by atoms with Gasteiger partial charge in [-0.05, 0) is 49.9 Å². The Balaban J connectivity index is 2.20. The highest BCUT2D eigenvalue weighted by Crippen LogP contribution is 2.28. The molecule has 1 N–H and O–H groups in total. The van der Waals surface area contributed by atoms with Gasteiger partial charge in [-0.25, -0.2) is 8.42 Å². The zero-order valence-electron chi connectivity index (χ0n) is 16.7. The smallest absolute Gasteiger partial charge is 0.232 e. The standard InChI is InChI=1S/C21H28N2O3S/c1-6-18-9-7-8-10-19(18)22-20(24)11-12-23(27(5,25)26)21-16(3)13-15(2)14-17(21)4/h7-10,13-14H,6,11-12H2,1-5H3,(H,22,24). The number of anilines is 2. The molecule has 0 bridgehead atoms. The maximum atomic E-state index is 12.4. The zero-order chi connectivity index (χ0) is 20.2. The van der Waals surface area contributed by atoms with Crippen molar-refractivity contribution in [2.45, 2.75) is 40.5 Å². The first-order valence-corrected chi connectivity index (χ1v) is 10.9. The summed E-state index contributed by atoms with van der Waals surface area (Å²) in [5, 5.41) is 2.90. The number of sulfonamides is 1. The minimum Gasteiger partial charge on any atom is -0.326 e. The molecule has 0 aliphatic carbocycles. The van der Waals surface area contributed by atoms with Gasteiger partial charge in [0.25, 0.3) is 0 Å². The lowest BCUT2D eigenvalue weighted by Crippen LogP contribution is -2.34. The molecule has 1 amide bonds. The number of benzene rings is 2. The molecule has 0 fully saturated rings. The number of amides is 1. The van der Waals surface area contributed by atoms with Crippen LogP contribution in [0.15, 0.2) is 36.4 Å². The van der Waals surface area contributed by atoms with Gasteiger partial charge in [0.1, 0.15) is 0 Å². The van der Waals surface area contributed by atoms with E-state index in [9.17, 15) is 13.2 Å². The van der Waals surface area contributed by atoms with Crippen molar-refractivity contribution in [1.82, 2.24) is 0 Å². The molecule has 0 radical (unpaired) electrons. The van der Waals surface area contributed by atoms with Crippen molar-refractivity contribution in [3.05, 3.63) is 58.7 Å². The Labute approximate surface area is 162 Å². The molecular formula is C21H28N2O3S. The predicted octanol–water partition coefficient (Wildman–Crippen LogP) is 3.97. The van der Waals surface area contributed by atoms with Crippen LogP contribution in [0.5, 0.6) is 0 Å². The topological polar surface area (TPSA) is 66.5 Å². The van der Waals surface area contributed by atoms with E-state index < -0.39 is 10.0 Å². The number of carbonyl (C=O) groups is 1. The van der Waals surface area contributed by atoms with Crippen LogP contribution in [-0.2, 0) is 21.2 Å². The van der Waals surface area contributed by atoms with Gasteiger partial charge in [0.05, 0.1) is 11.9 Å². The van der Waals surface area contributed by atoms with Crippen LogP contribution in [0, 0.1) is 20.8 Å². The molecule has 0 aliphatic rings. The average Bonchev–Trinajstić information content (AvgIpc) is 2.56. The van der Waals surface area contributed by atoms with Crippen molar-refractivity contribution in [3.63, 3.8) is 0 Å². The number of nitrogens with one attached hydrogen (secondary N) is 1. The molecule has 2 aromatic carbocycles. The fourth-order valence-electron chi connectivity index (χ4n) is 3.38. The number of aryl methyl sites for hydroxylation is 4. The Kier molecular flexibility index (Phi) is 6.65. The fraction of sp³-hybridized carbons (Fsp3) is 0.381. The minimum atomic E-state index is -3.50. The molecule has 0 aliphatic heterocycles. The van der Waals surface area contributed by atoms with E-state index >= 15 is 0 Å². The second kappa shape index (κ2) is 8.57. The van der Waals surface area contributed by atoms with Gasteiger partial charge in [-0.3, -0.25) is 9.10 Å². The second-order valence-corrected chi connectivity index (χ2v) is 8.80. The van der Waals surface area contributed by atoms with Crippen LogP contribution in [-0.4, -0.2) is 27.1 Å². The summed E-state index contributed by atoms with van der Waals surface area (Å²) in [5.41, 5.74) is 5.33. The molecule has 0 atom stereocenters. The van der Waals surface area contributed by atoms with Crippen LogP contribution in [0.1, 0.15) is 35.6 Å². The molecule has 6 heteroatoms. The summed E-state index contributed by atoms with van der Waals surface area (Å²) in [5.74, 6) is -0.202. The molecule has 0 saturated heterocycles. The molecule has 0 spiro atoms. The summed E-state index contributed by atoms with van der Waals surface area (Å²) in [4.78, 5) is 12.4. The normalized spacial score (nSPS) is 11.3. The lowest BCUT2D eigenvalue weighted by atomic mass is 10.0. The van der Waals surface area contributed by atoms with Crippen LogP contribution in [0.25, 0.3) is 0 Å². The fourth-order valence-corrected chi connectivity index (χ4v) is 4.42. The highest BCUT2D eigenvalue weighted by Gasteiger charge is 2.22. The lowest BCUT2D eigenvalue weighted by molar-refractivity contribution is -0.116. The van der Waals surface area contributed by atoms with Crippen molar-refractivity contribution in [2.24, 2.45) is 0 Å². The number of hydrogen-bond donors (Lipinski definition) is 1. The lowest BCUT2D eigenvalue weighted by Gasteiger charge is -2.26. The van der Waals surface area contributed by atoms with E-state index in [4.69, 9.17) is 0 Å². The summed E-state index contributed by atoms with van der Waals surface area (Å²) in [6.07, 6.45) is 2.07. The number of carbonyl (C=O) groups excluding carboxylic acids is 1. The summed E-state index contributed by atoms with van der Waals surface area (Å²) in [6, 6.07) is 11.5. The largest absolute Gasteiger partial charge is 0.326 e. The van der Waals surface area contributed by atoms with E-state index in [0.717, 1.165) is 34.4 Å². The number of hydrogen-bond acceptors (Lipinski definition) is 3. The highest BCUT2D eigenvalue weighted by atomic mass is 32.2. The summed E-state index contributed by atoms with van der Waals surface area (Å²) >= 11 is 0. The van der Waals surface area contributed by atoms with Crippen molar-refractivity contribution in [3.8, 4) is 0 Å². The maximum Gasteiger partial charge on any atom is 0.232 e. The van der Waals surface area contributed by atoms with Crippen molar-refractivity contribution < 1.29 is 13.2 Å². The van der Waals surface area contributed by atoms with Gasteiger partial charge in [0, 0.05) is 18.7 Å². The second-order valence-electron chi connectivity index (χ2n) is 6.89. The molecule has 2 aromatic rings.